The molecule has 0 N–H and O–H groups in total. The Kier molecular flexibility index (Phi) is 5.92. The molecule has 34 heavy (non-hydrogen) atoms. The van der Waals surface area contributed by atoms with E-state index in [-0.39, 0.29) is 22.5 Å². The largest absolute Gasteiger partial charge is 0.288 e. The standard InChI is InChI=1S/C25H18N4O5/c1-15-7-9-17(13-21(15)28(31)32)23-19(5-3-11-26-23)25(30)20-6-4-12-27-24(20)18-10-8-16(2)22(14-18)29(33)34/h3-14H,1-2H3. The number of benzene rings is 2. The van der Waals surface area contributed by atoms with E-state index in [9.17, 15) is 25.0 Å². The van der Waals surface area contributed by atoms with E-state index >= 15 is 0 Å². The van der Waals surface area contributed by atoms with Crippen LogP contribution in [-0.2, 0) is 0 Å². The molecule has 0 fully saturated rings. The third-order valence-electron chi connectivity index (χ3n) is 5.46. The van der Waals surface area contributed by atoms with E-state index in [1.165, 1.54) is 24.5 Å². The van der Waals surface area contributed by atoms with Crippen molar-refractivity contribution in [1.82, 2.24) is 9.97 Å². The molecule has 168 valence electrons. The van der Waals surface area contributed by atoms with E-state index in [1.54, 1.807) is 62.4 Å². The number of nitro groups is 2. The van der Waals surface area contributed by atoms with Gasteiger partial charge in [-0.15, -0.1) is 0 Å². The van der Waals surface area contributed by atoms with Crippen LogP contribution in [0.25, 0.3) is 22.5 Å². The molecule has 0 amide bonds. The van der Waals surface area contributed by atoms with Crippen LogP contribution in [0.3, 0.4) is 0 Å². The second-order valence-corrected chi connectivity index (χ2v) is 7.65. The molecule has 0 aliphatic heterocycles. The van der Waals surface area contributed by atoms with Crippen molar-refractivity contribution in [3.8, 4) is 22.5 Å². The predicted octanol–water partition coefficient (Wildman–Crippen LogP) is 5.47. The average Bonchev–Trinajstić information content (AvgIpc) is 2.84. The van der Waals surface area contributed by atoms with Crippen LogP contribution in [0, 0.1) is 34.1 Å². The second kappa shape index (κ2) is 8.99. The molecule has 0 radical (unpaired) electrons. The molecule has 0 atom stereocenters. The lowest BCUT2D eigenvalue weighted by Gasteiger charge is -2.12. The predicted molar refractivity (Wildman–Crippen MR) is 126 cm³/mol. The number of rotatable bonds is 6. The van der Waals surface area contributed by atoms with E-state index in [0.717, 1.165) is 0 Å². The maximum absolute atomic E-state index is 13.7. The molecule has 4 rings (SSSR count). The fraction of sp³-hybridized carbons (Fsp3) is 0.0800. The number of carbonyl (C=O) groups excluding carboxylic acids is 1. The fourth-order valence-corrected chi connectivity index (χ4v) is 3.69. The van der Waals surface area contributed by atoms with Crippen molar-refractivity contribution >= 4 is 17.2 Å². The van der Waals surface area contributed by atoms with Crippen molar-refractivity contribution in [2.45, 2.75) is 13.8 Å². The molecule has 0 saturated carbocycles. The van der Waals surface area contributed by atoms with E-state index in [0.29, 0.717) is 33.6 Å². The van der Waals surface area contributed by atoms with Gasteiger partial charge in [-0.2, -0.15) is 0 Å². The number of hydrogen-bond acceptors (Lipinski definition) is 7. The Morgan fingerprint density at radius 3 is 1.50 bits per heavy atom. The van der Waals surface area contributed by atoms with Gasteiger partial charge in [0.25, 0.3) is 11.4 Å². The molecule has 0 spiro atoms. The summed E-state index contributed by atoms with van der Waals surface area (Å²) in [4.78, 5) is 44.2. The number of nitrogens with zero attached hydrogens (tertiary/aromatic N) is 4. The Morgan fingerprint density at radius 1 is 0.706 bits per heavy atom. The lowest BCUT2D eigenvalue weighted by Crippen LogP contribution is -2.08. The first-order valence-electron chi connectivity index (χ1n) is 10.2. The zero-order valence-corrected chi connectivity index (χ0v) is 18.3. The summed E-state index contributed by atoms with van der Waals surface area (Å²) < 4.78 is 0. The SMILES string of the molecule is Cc1ccc(-c2ncccc2C(=O)c2cccnc2-c2ccc(C)c([N+](=O)[O-])c2)cc1[N+](=O)[O-]. The monoisotopic (exact) mass is 454 g/mol. The number of aromatic nitrogens is 2. The number of ketones is 1. The molecular weight excluding hydrogens is 436 g/mol. The Bertz CT molecular complexity index is 1360. The molecule has 9 heteroatoms. The normalized spacial score (nSPS) is 10.6. The van der Waals surface area contributed by atoms with E-state index < -0.39 is 15.6 Å². The average molecular weight is 454 g/mol. The molecule has 4 aromatic rings. The zero-order valence-electron chi connectivity index (χ0n) is 18.3. The smallest absolute Gasteiger partial charge is 0.272 e. The van der Waals surface area contributed by atoms with Gasteiger partial charge >= 0.3 is 0 Å². The summed E-state index contributed by atoms with van der Waals surface area (Å²) in [5.74, 6) is -0.405. The molecule has 2 heterocycles. The first kappa shape index (κ1) is 22.4. The van der Waals surface area contributed by atoms with Crippen LogP contribution < -0.4 is 0 Å². The highest BCUT2D eigenvalue weighted by molar-refractivity contribution is 6.15. The lowest BCUT2D eigenvalue weighted by atomic mass is 9.94. The molecule has 0 saturated heterocycles. The molecular formula is C25H18N4O5. The molecule has 9 nitrogen and oxygen atoms in total. The topological polar surface area (TPSA) is 129 Å². The van der Waals surface area contributed by atoms with Gasteiger partial charge in [-0.1, -0.05) is 24.3 Å². The molecule has 0 aliphatic rings. The first-order chi connectivity index (χ1) is 16.3. The summed E-state index contributed by atoms with van der Waals surface area (Å²) >= 11 is 0. The first-order valence-corrected chi connectivity index (χ1v) is 10.2. The minimum atomic E-state index is -0.479. The van der Waals surface area contributed by atoms with E-state index in [1.807, 2.05) is 0 Å². The van der Waals surface area contributed by atoms with Crippen LogP contribution in [0.5, 0.6) is 0 Å². The van der Waals surface area contributed by atoms with Crippen LogP contribution >= 0.6 is 0 Å². The summed E-state index contributed by atoms with van der Waals surface area (Å²) in [5, 5.41) is 22.8. The van der Waals surface area contributed by atoms with Gasteiger partial charge in [0.15, 0.2) is 5.78 Å². The van der Waals surface area contributed by atoms with Gasteiger partial charge < -0.3 is 0 Å². The van der Waals surface area contributed by atoms with Crippen LogP contribution in [-0.4, -0.2) is 25.6 Å². The van der Waals surface area contributed by atoms with Gasteiger partial charge in [-0.25, -0.2) is 0 Å². The van der Waals surface area contributed by atoms with Gasteiger partial charge in [0.1, 0.15) is 0 Å². The highest BCUT2D eigenvalue weighted by atomic mass is 16.6. The summed E-state index contributed by atoms with van der Waals surface area (Å²) in [6, 6.07) is 15.7. The summed E-state index contributed by atoms with van der Waals surface area (Å²) in [7, 11) is 0. The number of carbonyl (C=O) groups is 1. The van der Waals surface area contributed by atoms with Crippen LogP contribution in [0.15, 0.2) is 73.1 Å². The highest BCUT2D eigenvalue weighted by Gasteiger charge is 2.23. The van der Waals surface area contributed by atoms with E-state index in [2.05, 4.69) is 9.97 Å². The van der Waals surface area contributed by atoms with Gasteiger partial charge in [0, 0.05) is 57.9 Å². The van der Waals surface area contributed by atoms with Crippen LogP contribution in [0.2, 0.25) is 0 Å². The quantitative estimate of drug-likeness (QED) is 0.214. The van der Waals surface area contributed by atoms with Gasteiger partial charge in [-0.05, 0) is 38.1 Å². The Labute approximate surface area is 194 Å². The third kappa shape index (κ3) is 4.14. The lowest BCUT2D eigenvalue weighted by molar-refractivity contribution is -0.385. The number of hydrogen-bond donors (Lipinski definition) is 0. The summed E-state index contributed by atoms with van der Waals surface area (Å²) in [5.41, 5.74) is 2.75. The second-order valence-electron chi connectivity index (χ2n) is 7.65. The molecule has 0 unspecified atom stereocenters. The minimum Gasteiger partial charge on any atom is -0.288 e. The Morgan fingerprint density at radius 2 is 1.12 bits per heavy atom. The van der Waals surface area contributed by atoms with Crippen molar-refractivity contribution < 1.29 is 14.6 Å². The summed E-state index contributed by atoms with van der Waals surface area (Å²) in [6.07, 6.45) is 3.01. The maximum atomic E-state index is 13.7. The van der Waals surface area contributed by atoms with Gasteiger partial charge in [0.2, 0.25) is 0 Å². The van der Waals surface area contributed by atoms with Crippen molar-refractivity contribution in [3.63, 3.8) is 0 Å². The number of nitro benzene ring substituents is 2. The highest BCUT2D eigenvalue weighted by Crippen LogP contribution is 2.32. The Hall–Kier alpha value is -4.79. The molecule has 0 aliphatic carbocycles. The summed E-state index contributed by atoms with van der Waals surface area (Å²) in [6.45, 7) is 3.27. The van der Waals surface area contributed by atoms with Crippen molar-refractivity contribution in [3.05, 3.63) is 116 Å². The molecule has 2 aromatic heterocycles. The van der Waals surface area contributed by atoms with Gasteiger partial charge in [0.05, 0.1) is 21.2 Å². The number of pyridine rings is 2. The van der Waals surface area contributed by atoms with Crippen molar-refractivity contribution in [1.29, 1.82) is 0 Å². The third-order valence-corrected chi connectivity index (χ3v) is 5.46. The zero-order chi connectivity index (χ0) is 24.4. The fourth-order valence-electron chi connectivity index (χ4n) is 3.69. The van der Waals surface area contributed by atoms with Crippen LogP contribution in [0.4, 0.5) is 11.4 Å². The van der Waals surface area contributed by atoms with E-state index in [4.69, 9.17) is 0 Å². The van der Waals surface area contributed by atoms with Crippen molar-refractivity contribution in [2.24, 2.45) is 0 Å². The van der Waals surface area contributed by atoms with Crippen molar-refractivity contribution in [2.75, 3.05) is 0 Å². The van der Waals surface area contributed by atoms with Crippen LogP contribution in [0.1, 0.15) is 27.0 Å². The maximum Gasteiger partial charge on any atom is 0.272 e. The molecule has 2 aromatic carbocycles. The number of aryl methyl sites for hydroxylation is 2. The minimum absolute atomic E-state index is 0.0735. The van der Waals surface area contributed by atoms with Gasteiger partial charge in [-0.3, -0.25) is 35.0 Å². The molecule has 0 bridgehead atoms. The Balaban J connectivity index is 1.85.